The summed E-state index contributed by atoms with van der Waals surface area (Å²) in [5, 5.41) is 9.21. The van der Waals surface area contributed by atoms with Crippen molar-refractivity contribution in [3.05, 3.63) is 40.9 Å². The summed E-state index contributed by atoms with van der Waals surface area (Å²) in [6, 6.07) is 4.73. The van der Waals surface area contributed by atoms with Gasteiger partial charge in [0.2, 0.25) is 5.91 Å². The molecule has 1 aromatic carbocycles. The first-order valence-corrected chi connectivity index (χ1v) is 10.9. The number of aromatic nitrogens is 3. The maximum Gasteiger partial charge on any atom is 0.233 e. The van der Waals surface area contributed by atoms with Crippen molar-refractivity contribution in [1.29, 1.82) is 0 Å². The zero-order valence-corrected chi connectivity index (χ0v) is 18.0. The van der Waals surface area contributed by atoms with Crippen molar-refractivity contribution < 1.29 is 13.9 Å². The number of halogens is 2. The van der Waals surface area contributed by atoms with Crippen LogP contribution in [-0.2, 0) is 22.6 Å². The quantitative estimate of drug-likeness (QED) is 0.440. The maximum absolute atomic E-state index is 14.0. The predicted octanol–water partition coefficient (Wildman–Crippen LogP) is 2.54. The molecule has 1 fully saturated rings. The Bertz CT molecular complexity index is 793. The molecule has 0 unspecified atom stereocenters. The lowest BCUT2D eigenvalue weighted by molar-refractivity contribution is -0.130. The monoisotopic (exact) mass is 441 g/mol. The molecule has 1 aliphatic heterocycles. The van der Waals surface area contributed by atoms with Gasteiger partial charge in [0.25, 0.3) is 0 Å². The van der Waals surface area contributed by atoms with Gasteiger partial charge in [-0.05, 0) is 18.6 Å². The standard InChI is InChI=1S/C19H25ClFN5O2S/c1-28-11-3-6-26-14-22-23-19(26)29-13-18(27)25-9-7-24(8-10-25)12-15-16(20)4-2-5-17(15)21/h2,4-5,14H,3,6-13H2,1H3. The van der Waals surface area contributed by atoms with Crippen LogP contribution in [0.15, 0.2) is 29.7 Å². The van der Waals surface area contributed by atoms with Gasteiger partial charge in [0.05, 0.1) is 5.75 Å². The molecule has 2 heterocycles. The Morgan fingerprint density at radius 1 is 1.31 bits per heavy atom. The molecule has 0 radical (unpaired) electrons. The Labute approximate surface area is 179 Å². The van der Waals surface area contributed by atoms with E-state index in [2.05, 4.69) is 15.1 Å². The summed E-state index contributed by atoms with van der Waals surface area (Å²) < 4.78 is 21.0. The van der Waals surface area contributed by atoms with Crippen LogP contribution < -0.4 is 0 Å². The Morgan fingerprint density at radius 3 is 2.83 bits per heavy atom. The third-order valence-electron chi connectivity index (χ3n) is 4.82. The summed E-state index contributed by atoms with van der Waals surface area (Å²) in [4.78, 5) is 16.5. The minimum atomic E-state index is -0.290. The molecule has 2 aromatic rings. The minimum Gasteiger partial charge on any atom is -0.385 e. The van der Waals surface area contributed by atoms with E-state index in [-0.39, 0.29) is 11.7 Å². The summed E-state index contributed by atoms with van der Waals surface area (Å²) in [7, 11) is 1.67. The van der Waals surface area contributed by atoms with Gasteiger partial charge < -0.3 is 14.2 Å². The number of piperazine rings is 1. The van der Waals surface area contributed by atoms with E-state index in [0.29, 0.717) is 55.7 Å². The number of methoxy groups -OCH3 is 1. The predicted molar refractivity (Wildman–Crippen MR) is 111 cm³/mol. The SMILES string of the molecule is COCCCn1cnnc1SCC(=O)N1CCN(Cc2c(F)cccc2Cl)CC1. The van der Waals surface area contributed by atoms with Gasteiger partial charge in [0.1, 0.15) is 12.1 Å². The highest BCUT2D eigenvalue weighted by molar-refractivity contribution is 7.99. The average Bonchev–Trinajstić information content (AvgIpc) is 3.17. The number of nitrogens with zero attached hydrogens (tertiary/aromatic N) is 5. The first-order chi connectivity index (χ1) is 14.1. The van der Waals surface area contributed by atoms with Gasteiger partial charge >= 0.3 is 0 Å². The van der Waals surface area contributed by atoms with Crippen LogP contribution >= 0.6 is 23.4 Å². The Morgan fingerprint density at radius 2 is 2.10 bits per heavy atom. The third-order valence-corrected chi connectivity index (χ3v) is 6.14. The number of rotatable bonds is 9. The molecule has 0 saturated carbocycles. The zero-order chi connectivity index (χ0) is 20.6. The average molecular weight is 442 g/mol. The number of benzene rings is 1. The molecular formula is C19H25ClFN5O2S. The Balaban J connectivity index is 1.44. The van der Waals surface area contributed by atoms with Crippen molar-refractivity contribution in [2.45, 2.75) is 24.7 Å². The number of thioether (sulfide) groups is 1. The lowest BCUT2D eigenvalue weighted by atomic mass is 10.2. The van der Waals surface area contributed by atoms with E-state index in [1.165, 1.54) is 17.8 Å². The highest BCUT2D eigenvalue weighted by Gasteiger charge is 2.23. The summed E-state index contributed by atoms with van der Waals surface area (Å²) in [6.45, 7) is 4.49. The second-order valence-electron chi connectivity index (χ2n) is 6.80. The third kappa shape index (κ3) is 6.15. The molecule has 1 aliphatic rings. The molecule has 7 nitrogen and oxygen atoms in total. The molecule has 1 saturated heterocycles. The smallest absolute Gasteiger partial charge is 0.233 e. The molecule has 0 N–H and O–H groups in total. The summed E-state index contributed by atoms with van der Waals surface area (Å²) in [6.07, 6.45) is 2.54. The fraction of sp³-hybridized carbons (Fsp3) is 0.526. The molecule has 10 heteroatoms. The first kappa shape index (κ1) is 22.0. The number of hydrogen-bond acceptors (Lipinski definition) is 6. The molecular weight excluding hydrogens is 417 g/mol. The van der Waals surface area contributed by atoms with Crippen LogP contribution in [-0.4, -0.2) is 76.1 Å². The summed E-state index contributed by atoms with van der Waals surface area (Å²) >= 11 is 7.51. The van der Waals surface area contributed by atoms with Crippen LogP contribution in [0, 0.1) is 5.82 Å². The van der Waals surface area contributed by atoms with Crippen LogP contribution in [0.4, 0.5) is 4.39 Å². The molecule has 29 heavy (non-hydrogen) atoms. The summed E-state index contributed by atoms with van der Waals surface area (Å²) in [5.41, 5.74) is 0.511. The van der Waals surface area contributed by atoms with Gasteiger partial charge in [-0.1, -0.05) is 29.4 Å². The van der Waals surface area contributed by atoms with E-state index < -0.39 is 0 Å². The van der Waals surface area contributed by atoms with Crippen LogP contribution in [0.25, 0.3) is 0 Å². The Kier molecular flexibility index (Phi) is 8.29. The normalized spacial score (nSPS) is 15.1. The van der Waals surface area contributed by atoms with Gasteiger partial charge in [0, 0.05) is 63.6 Å². The number of amides is 1. The van der Waals surface area contributed by atoms with Gasteiger partial charge in [-0.3, -0.25) is 9.69 Å². The molecule has 1 amide bonds. The van der Waals surface area contributed by atoms with Gasteiger partial charge in [-0.25, -0.2) is 4.39 Å². The number of carbonyl (C=O) groups excluding carboxylic acids is 1. The summed E-state index contributed by atoms with van der Waals surface area (Å²) in [5.74, 6) is 0.106. The van der Waals surface area contributed by atoms with Crippen LogP contribution in [0.5, 0.6) is 0 Å². The molecule has 0 bridgehead atoms. The molecule has 3 rings (SSSR count). The van der Waals surface area contributed by atoms with Crippen molar-refractivity contribution in [3.63, 3.8) is 0 Å². The second-order valence-corrected chi connectivity index (χ2v) is 8.15. The zero-order valence-electron chi connectivity index (χ0n) is 16.4. The Hall–Kier alpha value is -1.68. The van der Waals surface area contributed by atoms with Crippen LogP contribution in [0.1, 0.15) is 12.0 Å². The number of hydrogen-bond donors (Lipinski definition) is 0. The maximum atomic E-state index is 14.0. The molecule has 158 valence electrons. The van der Waals surface area contributed by atoms with Crippen LogP contribution in [0.3, 0.4) is 0 Å². The molecule has 0 spiro atoms. The number of ether oxygens (including phenoxy) is 1. The van der Waals surface area contributed by atoms with E-state index >= 15 is 0 Å². The number of aryl methyl sites for hydroxylation is 1. The highest BCUT2D eigenvalue weighted by atomic mass is 35.5. The highest BCUT2D eigenvalue weighted by Crippen LogP contribution is 2.22. The van der Waals surface area contributed by atoms with Gasteiger partial charge in [-0.2, -0.15) is 0 Å². The molecule has 0 atom stereocenters. The van der Waals surface area contributed by atoms with Crippen molar-refractivity contribution in [3.8, 4) is 0 Å². The van der Waals surface area contributed by atoms with E-state index in [1.807, 2.05) is 9.47 Å². The van der Waals surface area contributed by atoms with E-state index in [0.717, 1.165) is 18.1 Å². The van der Waals surface area contributed by atoms with E-state index in [9.17, 15) is 9.18 Å². The fourth-order valence-corrected chi connectivity index (χ4v) is 4.24. The second kappa shape index (κ2) is 10.9. The number of carbonyl (C=O) groups is 1. The molecule has 1 aromatic heterocycles. The first-order valence-electron chi connectivity index (χ1n) is 9.51. The van der Waals surface area contributed by atoms with Crippen LogP contribution in [0.2, 0.25) is 5.02 Å². The topological polar surface area (TPSA) is 63.5 Å². The fourth-order valence-electron chi connectivity index (χ4n) is 3.17. The van der Waals surface area contributed by atoms with Crippen molar-refractivity contribution in [2.75, 3.05) is 45.6 Å². The lowest BCUT2D eigenvalue weighted by Gasteiger charge is -2.34. The van der Waals surface area contributed by atoms with E-state index in [4.69, 9.17) is 16.3 Å². The lowest BCUT2D eigenvalue weighted by Crippen LogP contribution is -2.48. The van der Waals surface area contributed by atoms with Gasteiger partial charge in [-0.15, -0.1) is 10.2 Å². The van der Waals surface area contributed by atoms with E-state index in [1.54, 1.807) is 25.6 Å². The minimum absolute atomic E-state index is 0.0741. The van der Waals surface area contributed by atoms with Crippen molar-refractivity contribution in [2.24, 2.45) is 0 Å². The van der Waals surface area contributed by atoms with Crippen molar-refractivity contribution >= 4 is 29.3 Å². The molecule has 0 aliphatic carbocycles. The largest absolute Gasteiger partial charge is 0.385 e. The van der Waals surface area contributed by atoms with Gasteiger partial charge in [0.15, 0.2) is 5.16 Å². The van der Waals surface area contributed by atoms with Crippen molar-refractivity contribution in [1.82, 2.24) is 24.6 Å².